The normalized spacial score (nSPS) is 12.2. The van der Waals surface area contributed by atoms with Crippen LogP contribution in [-0.4, -0.2) is 23.3 Å². The van der Waals surface area contributed by atoms with E-state index in [0.717, 1.165) is 5.56 Å². The van der Waals surface area contributed by atoms with Crippen LogP contribution in [0.5, 0.6) is 11.5 Å². The van der Waals surface area contributed by atoms with Gasteiger partial charge in [-0.1, -0.05) is 0 Å². The molecule has 82 valence electrons. The first-order chi connectivity index (χ1) is 6.97. The monoisotopic (exact) mass is 210 g/mol. The zero-order valence-electron chi connectivity index (χ0n) is 8.94. The molecule has 0 aliphatic heterocycles. The summed E-state index contributed by atoms with van der Waals surface area (Å²) >= 11 is 0. The molecule has 1 aromatic carbocycles. The summed E-state index contributed by atoms with van der Waals surface area (Å²) < 4.78 is 4.92. The number of carboxylic acids is 1. The molecule has 1 rings (SSSR count). The smallest absolute Gasteiger partial charge is 0.310 e. The molecule has 1 aromatic rings. The van der Waals surface area contributed by atoms with Crippen molar-refractivity contribution in [2.75, 3.05) is 7.11 Å². The van der Waals surface area contributed by atoms with E-state index in [2.05, 4.69) is 0 Å². The Labute approximate surface area is 88.1 Å². The van der Waals surface area contributed by atoms with E-state index < -0.39 is 11.9 Å². The molecule has 1 unspecified atom stereocenters. The van der Waals surface area contributed by atoms with E-state index in [4.69, 9.17) is 9.84 Å². The van der Waals surface area contributed by atoms with Gasteiger partial charge < -0.3 is 14.9 Å². The molecule has 0 fully saturated rings. The third kappa shape index (κ3) is 2.21. The summed E-state index contributed by atoms with van der Waals surface area (Å²) in [7, 11) is 1.45. The number of carbonyl (C=O) groups is 1. The zero-order chi connectivity index (χ0) is 11.6. The van der Waals surface area contributed by atoms with Crippen LogP contribution >= 0.6 is 0 Å². The largest absolute Gasteiger partial charge is 0.504 e. The number of phenolic OH excluding ortho intramolecular Hbond substituents is 1. The molecule has 0 radical (unpaired) electrons. The third-order valence-electron chi connectivity index (χ3n) is 2.40. The standard InChI is InChI=1S/C11H14O4/c1-6-4-10(15-3)9(12)5-8(6)7(2)11(13)14/h4-5,7,12H,1-3H3,(H,13,14). The maximum atomic E-state index is 10.8. The lowest BCUT2D eigenvalue weighted by atomic mass is 9.96. The number of hydrogen-bond donors (Lipinski definition) is 2. The second-order valence-corrected chi connectivity index (χ2v) is 3.44. The molecule has 0 aliphatic carbocycles. The van der Waals surface area contributed by atoms with E-state index in [0.29, 0.717) is 11.3 Å². The number of hydrogen-bond acceptors (Lipinski definition) is 3. The van der Waals surface area contributed by atoms with Crippen LogP contribution in [0, 0.1) is 6.92 Å². The highest BCUT2D eigenvalue weighted by atomic mass is 16.5. The molecule has 2 N–H and O–H groups in total. The molecule has 0 saturated heterocycles. The summed E-state index contributed by atoms with van der Waals surface area (Å²) in [4.78, 5) is 10.8. The SMILES string of the molecule is COc1cc(C)c(C(C)C(=O)O)cc1O. The molecular weight excluding hydrogens is 196 g/mol. The van der Waals surface area contributed by atoms with Crippen molar-refractivity contribution in [1.82, 2.24) is 0 Å². The van der Waals surface area contributed by atoms with Crippen LogP contribution in [0.3, 0.4) is 0 Å². The Kier molecular flexibility index (Phi) is 3.19. The van der Waals surface area contributed by atoms with Crippen molar-refractivity contribution in [3.05, 3.63) is 23.3 Å². The van der Waals surface area contributed by atoms with Gasteiger partial charge in [-0.15, -0.1) is 0 Å². The number of benzene rings is 1. The molecule has 4 heteroatoms. The summed E-state index contributed by atoms with van der Waals surface area (Å²) in [6, 6.07) is 3.07. The minimum Gasteiger partial charge on any atom is -0.504 e. The predicted octanol–water partition coefficient (Wildman–Crippen LogP) is 1.90. The summed E-state index contributed by atoms with van der Waals surface area (Å²) in [5.41, 5.74) is 1.39. The average Bonchev–Trinajstić information content (AvgIpc) is 2.19. The van der Waals surface area contributed by atoms with Crippen LogP contribution in [0.15, 0.2) is 12.1 Å². The predicted molar refractivity (Wildman–Crippen MR) is 55.4 cm³/mol. The van der Waals surface area contributed by atoms with Gasteiger partial charge in [0, 0.05) is 0 Å². The second kappa shape index (κ2) is 4.21. The van der Waals surface area contributed by atoms with Crippen LogP contribution in [0.4, 0.5) is 0 Å². The van der Waals surface area contributed by atoms with E-state index in [1.807, 2.05) is 0 Å². The van der Waals surface area contributed by atoms with Gasteiger partial charge in [-0.05, 0) is 37.1 Å². The van der Waals surface area contributed by atoms with Gasteiger partial charge in [-0.2, -0.15) is 0 Å². The molecule has 4 nitrogen and oxygen atoms in total. The van der Waals surface area contributed by atoms with Crippen molar-refractivity contribution < 1.29 is 19.7 Å². The maximum Gasteiger partial charge on any atom is 0.310 e. The molecule has 0 heterocycles. The zero-order valence-corrected chi connectivity index (χ0v) is 8.94. The number of aromatic hydroxyl groups is 1. The van der Waals surface area contributed by atoms with Gasteiger partial charge in [0.1, 0.15) is 0 Å². The molecule has 0 aromatic heterocycles. The van der Waals surface area contributed by atoms with E-state index in [1.165, 1.54) is 13.2 Å². The van der Waals surface area contributed by atoms with Gasteiger partial charge in [-0.3, -0.25) is 4.79 Å². The first-order valence-electron chi connectivity index (χ1n) is 4.57. The molecule has 0 aliphatic rings. The Morgan fingerprint density at radius 3 is 2.53 bits per heavy atom. The van der Waals surface area contributed by atoms with Crippen LogP contribution in [0.2, 0.25) is 0 Å². The second-order valence-electron chi connectivity index (χ2n) is 3.44. The maximum absolute atomic E-state index is 10.8. The van der Waals surface area contributed by atoms with Gasteiger partial charge in [-0.25, -0.2) is 0 Å². The lowest BCUT2D eigenvalue weighted by Crippen LogP contribution is -2.09. The number of phenols is 1. The van der Waals surface area contributed by atoms with Crippen molar-refractivity contribution in [2.24, 2.45) is 0 Å². The Hall–Kier alpha value is -1.71. The fraction of sp³-hybridized carbons (Fsp3) is 0.364. The summed E-state index contributed by atoms with van der Waals surface area (Å²) in [5.74, 6) is -1.23. The Balaban J connectivity index is 3.21. The van der Waals surface area contributed by atoms with E-state index in [1.54, 1.807) is 19.9 Å². The number of ether oxygens (including phenoxy) is 1. The molecule has 1 atom stereocenters. The van der Waals surface area contributed by atoms with Crippen LogP contribution in [0.25, 0.3) is 0 Å². The first kappa shape index (κ1) is 11.4. The highest BCUT2D eigenvalue weighted by Gasteiger charge is 2.18. The van der Waals surface area contributed by atoms with Crippen LogP contribution in [-0.2, 0) is 4.79 Å². The van der Waals surface area contributed by atoms with E-state index in [-0.39, 0.29) is 5.75 Å². The third-order valence-corrected chi connectivity index (χ3v) is 2.40. The minimum absolute atomic E-state index is 0.0359. The van der Waals surface area contributed by atoms with E-state index >= 15 is 0 Å². The average molecular weight is 210 g/mol. The Morgan fingerprint density at radius 1 is 1.47 bits per heavy atom. The number of aliphatic carboxylic acids is 1. The van der Waals surface area contributed by atoms with Crippen LogP contribution in [0.1, 0.15) is 24.0 Å². The lowest BCUT2D eigenvalue weighted by Gasteiger charge is -2.13. The van der Waals surface area contributed by atoms with E-state index in [9.17, 15) is 9.90 Å². The quantitative estimate of drug-likeness (QED) is 0.799. The van der Waals surface area contributed by atoms with Gasteiger partial charge in [0.15, 0.2) is 11.5 Å². The molecule has 15 heavy (non-hydrogen) atoms. The summed E-state index contributed by atoms with van der Waals surface area (Å²) in [5, 5.41) is 18.4. The molecule has 0 bridgehead atoms. The number of aryl methyl sites for hydroxylation is 1. The van der Waals surface area contributed by atoms with Crippen molar-refractivity contribution in [3.63, 3.8) is 0 Å². The number of carboxylic acid groups (broad SMARTS) is 1. The van der Waals surface area contributed by atoms with Gasteiger partial charge >= 0.3 is 5.97 Å². The Morgan fingerprint density at radius 2 is 2.07 bits per heavy atom. The minimum atomic E-state index is -0.914. The Bertz CT molecular complexity index is 384. The number of rotatable bonds is 3. The highest BCUT2D eigenvalue weighted by Crippen LogP contribution is 2.32. The summed E-state index contributed by atoms with van der Waals surface area (Å²) in [6.07, 6.45) is 0. The molecule has 0 spiro atoms. The van der Waals surface area contributed by atoms with Crippen molar-refractivity contribution in [2.45, 2.75) is 19.8 Å². The molecule has 0 saturated carbocycles. The van der Waals surface area contributed by atoms with Gasteiger partial charge in [0.25, 0.3) is 0 Å². The fourth-order valence-corrected chi connectivity index (χ4v) is 1.45. The first-order valence-corrected chi connectivity index (χ1v) is 4.57. The van der Waals surface area contributed by atoms with Crippen molar-refractivity contribution in [1.29, 1.82) is 0 Å². The van der Waals surface area contributed by atoms with Gasteiger partial charge in [0.05, 0.1) is 13.0 Å². The van der Waals surface area contributed by atoms with Crippen molar-refractivity contribution >= 4 is 5.97 Å². The van der Waals surface area contributed by atoms with Crippen molar-refractivity contribution in [3.8, 4) is 11.5 Å². The van der Waals surface area contributed by atoms with Gasteiger partial charge in [0.2, 0.25) is 0 Å². The van der Waals surface area contributed by atoms with Crippen LogP contribution < -0.4 is 4.74 Å². The lowest BCUT2D eigenvalue weighted by molar-refractivity contribution is -0.138. The molecular formula is C11H14O4. The summed E-state index contributed by atoms with van der Waals surface area (Å²) in [6.45, 7) is 3.37. The molecule has 0 amide bonds. The number of methoxy groups -OCH3 is 1. The topological polar surface area (TPSA) is 66.8 Å². The highest BCUT2D eigenvalue weighted by molar-refractivity contribution is 5.76. The fourth-order valence-electron chi connectivity index (χ4n) is 1.45.